The maximum Gasteiger partial charge on any atom is 0.414 e. The molecule has 1 aromatic rings. The van der Waals surface area contributed by atoms with Crippen molar-refractivity contribution in [2.45, 2.75) is 39.5 Å². The zero-order chi connectivity index (χ0) is 13.3. The fourth-order valence-electron chi connectivity index (χ4n) is 1.70. The lowest BCUT2D eigenvalue weighted by molar-refractivity contribution is 0.0634. The summed E-state index contributed by atoms with van der Waals surface area (Å²) in [5.74, 6) is 1.16. The molecule has 0 saturated carbocycles. The second kappa shape index (κ2) is 4.56. The smallest absolute Gasteiger partial charge is 0.414 e. The number of hydrogen-bond acceptors (Lipinski definition) is 5. The first kappa shape index (κ1) is 12.8. The molecule has 0 radical (unpaired) electrons. The maximum absolute atomic E-state index is 11.6. The Kier molecular flexibility index (Phi) is 3.25. The van der Waals surface area contributed by atoms with Gasteiger partial charge in [-0.25, -0.2) is 9.48 Å². The third kappa shape index (κ3) is 3.19. The lowest BCUT2D eigenvalue weighted by Gasteiger charge is -2.21. The largest absolute Gasteiger partial charge is 0.444 e. The van der Waals surface area contributed by atoms with E-state index in [4.69, 9.17) is 4.74 Å². The van der Waals surface area contributed by atoms with Gasteiger partial charge >= 0.3 is 6.09 Å². The Bertz CT molecular complexity index is 449. The van der Waals surface area contributed by atoms with E-state index in [1.807, 2.05) is 32.5 Å². The zero-order valence-electron chi connectivity index (χ0n) is 11.2. The van der Waals surface area contributed by atoms with Gasteiger partial charge in [0.1, 0.15) is 11.4 Å². The topological polar surface area (TPSA) is 72.3 Å². The summed E-state index contributed by atoms with van der Waals surface area (Å²) in [5, 5.41) is 6.77. The van der Waals surface area contributed by atoms with Crippen molar-refractivity contribution in [1.82, 2.24) is 19.7 Å². The average Bonchev–Trinajstić information content (AvgIpc) is 2.55. The van der Waals surface area contributed by atoms with Crippen LogP contribution < -0.4 is 5.32 Å². The number of ether oxygens (including phenoxy) is 1. The number of fused-ring (bicyclic) bond motifs is 1. The second-order valence-electron chi connectivity index (χ2n) is 5.44. The molecule has 0 unspecified atom stereocenters. The molecule has 1 N–H and O–H groups in total. The summed E-state index contributed by atoms with van der Waals surface area (Å²) in [6, 6.07) is 0. The molecule has 0 bridgehead atoms. The van der Waals surface area contributed by atoms with Crippen LogP contribution in [0.15, 0.2) is 0 Å². The third-order valence-electron chi connectivity index (χ3n) is 2.47. The SMILES string of the molecule is CN1CCn2nc(NC(=O)OC(C)(C)C)nc2C1. The molecule has 1 aliphatic heterocycles. The van der Waals surface area contributed by atoms with Gasteiger partial charge in [-0.15, -0.1) is 5.10 Å². The molecule has 18 heavy (non-hydrogen) atoms. The van der Waals surface area contributed by atoms with Gasteiger partial charge in [0.05, 0.1) is 13.1 Å². The Labute approximate surface area is 106 Å². The van der Waals surface area contributed by atoms with Crippen LogP contribution in [0.3, 0.4) is 0 Å². The highest BCUT2D eigenvalue weighted by atomic mass is 16.6. The molecular formula is C11H19N5O2. The molecule has 0 aliphatic carbocycles. The Balaban J connectivity index is 2.01. The number of aromatic nitrogens is 3. The first-order valence-electron chi connectivity index (χ1n) is 5.96. The summed E-state index contributed by atoms with van der Waals surface area (Å²) < 4.78 is 6.96. The number of nitrogens with zero attached hydrogens (tertiary/aromatic N) is 4. The van der Waals surface area contributed by atoms with E-state index in [0.717, 1.165) is 25.5 Å². The molecule has 7 nitrogen and oxygen atoms in total. The van der Waals surface area contributed by atoms with E-state index in [1.165, 1.54) is 0 Å². The molecule has 7 heteroatoms. The van der Waals surface area contributed by atoms with Crippen molar-refractivity contribution < 1.29 is 9.53 Å². The van der Waals surface area contributed by atoms with Gasteiger partial charge in [0.15, 0.2) is 0 Å². The third-order valence-corrected chi connectivity index (χ3v) is 2.47. The minimum atomic E-state index is -0.529. The molecule has 2 heterocycles. The van der Waals surface area contributed by atoms with Gasteiger partial charge in [-0.3, -0.25) is 10.2 Å². The summed E-state index contributed by atoms with van der Waals surface area (Å²) in [4.78, 5) is 18.0. The van der Waals surface area contributed by atoms with E-state index in [9.17, 15) is 4.79 Å². The molecule has 1 aliphatic rings. The maximum atomic E-state index is 11.6. The highest BCUT2D eigenvalue weighted by Gasteiger charge is 2.20. The van der Waals surface area contributed by atoms with Crippen LogP contribution in [0, 0.1) is 0 Å². The number of rotatable bonds is 1. The fraction of sp³-hybridized carbons (Fsp3) is 0.727. The number of hydrogen-bond donors (Lipinski definition) is 1. The van der Waals surface area contributed by atoms with Crippen LogP contribution in [0.1, 0.15) is 26.6 Å². The standard InChI is InChI=1S/C11H19N5O2/c1-11(2,3)18-10(17)13-9-12-8-7-15(4)5-6-16(8)14-9/h5-7H2,1-4H3,(H,13,14,17). The van der Waals surface area contributed by atoms with Gasteiger partial charge in [-0.2, -0.15) is 4.98 Å². The van der Waals surface area contributed by atoms with E-state index in [-0.39, 0.29) is 0 Å². The Morgan fingerprint density at radius 3 is 2.78 bits per heavy atom. The Morgan fingerprint density at radius 2 is 2.11 bits per heavy atom. The molecule has 0 saturated heterocycles. The lowest BCUT2D eigenvalue weighted by atomic mass is 10.2. The normalized spacial score (nSPS) is 16.2. The van der Waals surface area contributed by atoms with Crippen molar-refractivity contribution in [2.75, 3.05) is 18.9 Å². The molecule has 100 valence electrons. The van der Waals surface area contributed by atoms with Gasteiger partial charge in [0.25, 0.3) is 5.95 Å². The van der Waals surface area contributed by atoms with Gasteiger partial charge < -0.3 is 4.74 Å². The first-order chi connectivity index (χ1) is 8.33. The Morgan fingerprint density at radius 1 is 1.39 bits per heavy atom. The highest BCUT2D eigenvalue weighted by Crippen LogP contribution is 2.12. The van der Waals surface area contributed by atoms with Crippen molar-refractivity contribution in [1.29, 1.82) is 0 Å². The first-order valence-corrected chi connectivity index (χ1v) is 5.96. The number of anilines is 1. The number of carbonyl (C=O) groups is 1. The molecule has 1 amide bonds. The quantitative estimate of drug-likeness (QED) is 0.810. The van der Waals surface area contributed by atoms with Crippen LogP contribution in [-0.2, 0) is 17.8 Å². The van der Waals surface area contributed by atoms with Crippen LogP contribution in [0.4, 0.5) is 10.7 Å². The summed E-state index contributed by atoms with van der Waals surface area (Å²) >= 11 is 0. The van der Waals surface area contributed by atoms with Crippen molar-refractivity contribution >= 4 is 12.0 Å². The van der Waals surface area contributed by atoms with E-state index < -0.39 is 11.7 Å². The van der Waals surface area contributed by atoms with Gasteiger partial charge in [-0.1, -0.05) is 0 Å². The summed E-state index contributed by atoms with van der Waals surface area (Å²) in [5.41, 5.74) is -0.524. The van der Waals surface area contributed by atoms with Crippen molar-refractivity contribution in [3.8, 4) is 0 Å². The monoisotopic (exact) mass is 253 g/mol. The average molecular weight is 253 g/mol. The van der Waals surface area contributed by atoms with Gasteiger partial charge in [0, 0.05) is 6.54 Å². The summed E-state index contributed by atoms with van der Waals surface area (Å²) in [6.07, 6.45) is -0.529. The predicted octanol–water partition coefficient (Wildman–Crippen LogP) is 1.07. The molecule has 0 spiro atoms. The molecule has 1 aromatic heterocycles. The van der Waals surface area contributed by atoms with Crippen molar-refractivity contribution in [2.24, 2.45) is 0 Å². The van der Waals surface area contributed by atoms with Crippen LogP contribution in [-0.4, -0.2) is 45.0 Å². The van der Waals surface area contributed by atoms with Crippen LogP contribution >= 0.6 is 0 Å². The van der Waals surface area contributed by atoms with Crippen LogP contribution in [0.5, 0.6) is 0 Å². The zero-order valence-corrected chi connectivity index (χ0v) is 11.2. The molecular weight excluding hydrogens is 234 g/mol. The van der Waals surface area contributed by atoms with E-state index in [0.29, 0.717) is 5.95 Å². The minimum absolute atomic E-state index is 0.301. The second-order valence-corrected chi connectivity index (χ2v) is 5.44. The number of likely N-dealkylation sites (N-methyl/N-ethyl adjacent to an activating group) is 1. The Hall–Kier alpha value is -1.63. The van der Waals surface area contributed by atoms with Crippen LogP contribution in [0.25, 0.3) is 0 Å². The van der Waals surface area contributed by atoms with Crippen LogP contribution in [0.2, 0.25) is 0 Å². The summed E-state index contributed by atoms with van der Waals surface area (Å²) in [6.45, 7) is 7.90. The van der Waals surface area contributed by atoms with E-state index in [1.54, 1.807) is 0 Å². The number of nitrogens with one attached hydrogen (secondary N) is 1. The van der Waals surface area contributed by atoms with E-state index in [2.05, 4.69) is 20.3 Å². The molecule has 0 fully saturated rings. The van der Waals surface area contributed by atoms with Gasteiger partial charge in [-0.05, 0) is 27.8 Å². The molecule has 0 atom stereocenters. The minimum Gasteiger partial charge on any atom is -0.444 e. The van der Waals surface area contributed by atoms with Crippen molar-refractivity contribution in [3.05, 3.63) is 5.82 Å². The molecule has 2 rings (SSSR count). The van der Waals surface area contributed by atoms with Gasteiger partial charge in [0.2, 0.25) is 0 Å². The van der Waals surface area contributed by atoms with E-state index >= 15 is 0 Å². The number of amides is 1. The lowest BCUT2D eigenvalue weighted by Crippen LogP contribution is -2.30. The highest BCUT2D eigenvalue weighted by molar-refractivity contribution is 5.82. The van der Waals surface area contributed by atoms with Crippen molar-refractivity contribution in [3.63, 3.8) is 0 Å². The molecule has 0 aromatic carbocycles. The predicted molar refractivity (Wildman–Crippen MR) is 66.2 cm³/mol. The number of carbonyl (C=O) groups excluding carboxylic acids is 1. The fourth-order valence-corrected chi connectivity index (χ4v) is 1.70. The summed E-state index contributed by atoms with van der Waals surface area (Å²) in [7, 11) is 2.03.